The Labute approximate surface area is 151 Å². The van der Waals surface area contributed by atoms with Crippen LogP contribution in [0, 0.1) is 15.9 Å². The van der Waals surface area contributed by atoms with Crippen molar-refractivity contribution >= 4 is 34.6 Å². The van der Waals surface area contributed by atoms with Crippen LogP contribution >= 0.6 is 11.3 Å². The molecule has 0 spiro atoms. The normalized spacial score (nSPS) is 13.0. The number of hydrogen-bond donors (Lipinski definition) is 1. The van der Waals surface area contributed by atoms with Crippen molar-refractivity contribution in [3.05, 3.63) is 55.5 Å². The van der Waals surface area contributed by atoms with Crippen molar-refractivity contribution < 1.29 is 23.6 Å². The van der Waals surface area contributed by atoms with Crippen LogP contribution in [0.4, 0.5) is 15.8 Å². The van der Waals surface area contributed by atoms with Gasteiger partial charge in [-0.25, -0.2) is 9.18 Å². The predicted molar refractivity (Wildman–Crippen MR) is 92.9 cm³/mol. The SMILES string of the molecule is O=C(COC(=O)c1csc2c1CCCC2)Nc1ccc(F)cc1[N+](=O)[O-]. The number of nitrogens with zero attached hydrogens (tertiary/aromatic N) is 1. The number of esters is 1. The van der Waals surface area contributed by atoms with Crippen LogP contribution < -0.4 is 5.32 Å². The molecular weight excluding hydrogens is 363 g/mol. The van der Waals surface area contributed by atoms with Gasteiger partial charge in [-0.15, -0.1) is 11.3 Å². The average Bonchev–Trinajstić information content (AvgIpc) is 3.05. The van der Waals surface area contributed by atoms with E-state index in [4.69, 9.17) is 4.74 Å². The van der Waals surface area contributed by atoms with Gasteiger partial charge in [0, 0.05) is 10.3 Å². The molecule has 0 atom stereocenters. The largest absolute Gasteiger partial charge is 0.452 e. The Morgan fingerprint density at radius 3 is 2.85 bits per heavy atom. The number of carbonyl (C=O) groups is 2. The molecule has 0 saturated heterocycles. The lowest BCUT2D eigenvalue weighted by atomic mass is 9.96. The van der Waals surface area contributed by atoms with E-state index in [1.807, 2.05) is 0 Å². The van der Waals surface area contributed by atoms with Crippen LogP contribution in [0.2, 0.25) is 0 Å². The molecule has 0 unspecified atom stereocenters. The van der Waals surface area contributed by atoms with Gasteiger partial charge in [-0.2, -0.15) is 0 Å². The molecule has 1 aliphatic rings. The summed E-state index contributed by atoms with van der Waals surface area (Å²) >= 11 is 1.51. The van der Waals surface area contributed by atoms with E-state index < -0.39 is 34.9 Å². The zero-order valence-electron chi connectivity index (χ0n) is 13.6. The van der Waals surface area contributed by atoms with E-state index in [9.17, 15) is 24.1 Å². The summed E-state index contributed by atoms with van der Waals surface area (Å²) in [6.45, 7) is -0.585. The van der Waals surface area contributed by atoms with Gasteiger partial charge in [-0.1, -0.05) is 0 Å². The van der Waals surface area contributed by atoms with Gasteiger partial charge in [0.1, 0.15) is 11.5 Å². The minimum atomic E-state index is -0.803. The molecule has 1 aromatic heterocycles. The van der Waals surface area contributed by atoms with Gasteiger partial charge < -0.3 is 10.1 Å². The fourth-order valence-electron chi connectivity index (χ4n) is 2.82. The maximum Gasteiger partial charge on any atom is 0.339 e. The molecule has 1 amide bonds. The first-order chi connectivity index (χ1) is 12.5. The molecule has 7 nitrogen and oxygen atoms in total. The van der Waals surface area contributed by atoms with E-state index in [1.165, 1.54) is 16.2 Å². The number of fused-ring (bicyclic) bond motifs is 1. The monoisotopic (exact) mass is 378 g/mol. The summed E-state index contributed by atoms with van der Waals surface area (Å²) in [5, 5.41) is 14.9. The quantitative estimate of drug-likeness (QED) is 0.488. The first-order valence-electron chi connectivity index (χ1n) is 7.96. The molecule has 1 aromatic carbocycles. The fourth-order valence-corrected chi connectivity index (χ4v) is 3.94. The molecule has 0 saturated carbocycles. The highest BCUT2D eigenvalue weighted by Gasteiger charge is 2.22. The molecule has 0 fully saturated rings. The average molecular weight is 378 g/mol. The number of carbonyl (C=O) groups excluding carboxylic acids is 2. The van der Waals surface area contributed by atoms with E-state index in [0.717, 1.165) is 43.4 Å². The highest BCUT2D eigenvalue weighted by molar-refractivity contribution is 7.10. The Morgan fingerprint density at radius 1 is 1.31 bits per heavy atom. The number of anilines is 1. The maximum absolute atomic E-state index is 13.1. The van der Waals surface area contributed by atoms with E-state index in [2.05, 4.69) is 5.32 Å². The summed E-state index contributed by atoms with van der Waals surface area (Å²) in [7, 11) is 0. The smallest absolute Gasteiger partial charge is 0.339 e. The van der Waals surface area contributed by atoms with Gasteiger partial charge in [0.2, 0.25) is 0 Å². The molecule has 9 heteroatoms. The van der Waals surface area contributed by atoms with E-state index in [0.29, 0.717) is 11.6 Å². The number of hydrogen-bond acceptors (Lipinski definition) is 6. The van der Waals surface area contributed by atoms with E-state index >= 15 is 0 Å². The second-order valence-electron chi connectivity index (χ2n) is 5.80. The van der Waals surface area contributed by atoms with Crippen molar-refractivity contribution in [2.75, 3.05) is 11.9 Å². The summed E-state index contributed by atoms with van der Waals surface area (Å²) < 4.78 is 18.1. The highest BCUT2D eigenvalue weighted by atomic mass is 32.1. The number of aryl methyl sites for hydroxylation is 1. The number of nitro groups is 1. The summed E-state index contributed by atoms with van der Waals surface area (Å²) in [6, 6.07) is 2.79. The standard InChI is InChI=1S/C17H15FN2O5S/c18-10-5-6-13(14(7-10)20(23)24)19-16(21)8-25-17(22)12-9-26-15-4-2-1-3-11(12)15/h5-7,9H,1-4,8H2,(H,19,21). The lowest BCUT2D eigenvalue weighted by Crippen LogP contribution is -2.22. The van der Waals surface area contributed by atoms with E-state index in [1.54, 1.807) is 5.38 Å². The van der Waals surface area contributed by atoms with E-state index in [-0.39, 0.29) is 5.69 Å². The van der Waals surface area contributed by atoms with Gasteiger partial charge in [0.25, 0.3) is 11.6 Å². The Kier molecular flexibility index (Phi) is 5.27. The fraction of sp³-hybridized carbons (Fsp3) is 0.294. The zero-order chi connectivity index (χ0) is 18.7. The third-order valence-corrected chi connectivity index (χ3v) is 5.13. The van der Waals surface area contributed by atoms with Crippen LogP contribution in [0.3, 0.4) is 0 Å². The molecule has 1 aliphatic carbocycles. The Morgan fingerprint density at radius 2 is 2.08 bits per heavy atom. The molecule has 136 valence electrons. The highest BCUT2D eigenvalue weighted by Crippen LogP contribution is 2.30. The van der Waals surface area contributed by atoms with Crippen LogP contribution in [-0.4, -0.2) is 23.4 Å². The summed E-state index contributed by atoms with van der Waals surface area (Å²) in [5.41, 5.74) is 0.730. The van der Waals surface area contributed by atoms with Crippen molar-refractivity contribution in [3.8, 4) is 0 Å². The molecule has 0 aliphatic heterocycles. The number of ether oxygens (including phenoxy) is 1. The molecule has 1 N–H and O–H groups in total. The molecule has 0 radical (unpaired) electrons. The maximum atomic E-state index is 13.1. The molecule has 26 heavy (non-hydrogen) atoms. The van der Waals surface area contributed by atoms with Crippen molar-refractivity contribution in [1.29, 1.82) is 0 Å². The van der Waals surface area contributed by atoms with Crippen molar-refractivity contribution in [2.24, 2.45) is 0 Å². The third-order valence-electron chi connectivity index (χ3n) is 4.05. The Bertz CT molecular complexity index is 880. The predicted octanol–water partition coefficient (Wildman–Crippen LogP) is 3.47. The van der Waals surface area contributed by atoms with Gasteiger partial charge >= 0.3 is 5.97 Å². The molecule has 0 bridgehead atoms. The lowest BCUT2D eigenvalue weighted by molar-refractivity contribution is -0.384. The third kappa shape index (κ3) is 3.88. The number of nitro benzene ring substituents is 1. The van der Waals surface area contributed by atoms with Crippen LogP contribution in [0.15, 0.2) is 23.6 Å². The van der Waals surface area contributed by atoms with Gasteiger partial charge in [0.05, 0.1) is 16.6 Å². The summed E-state index contributed by atoms with van der Waals surface area (Å²) in [5.74, 6) is -2.12. The van der Waals surface area contributed by atoms with Gasteiger partial charge in [-0.05, 0) is 43.4 Å². The Hall–Kier alpha value is -2.81. The van der Waals surface area contributed by atoms with Gasteiger partial charge in [0.15, 0.2) is 6.61 Å². The minimum Gasteiger partial charge on any atom is -0.452 e. The zero-order valence-corrected chi connectivity index (χ0v) is 14.4. The second-order valence-corrected chi connectivity index (χ2v) is 6.77. The number of rotatable bonds is 5. The summed E-state index contributed by atoms with van der Waals surface area (Å²) in [4.78, 5) is 35.4. The molecule has 1 heterocycles. The topological polar surface area (TPSA) is 98.5 Å². The van der Waals surface area contributed by atoms with Crippen molar-refractivity contribution in [3.63, 3.8) is 0 Å². The molecular formula is C17H15FN2O5S. The van der Waals surface area contributed by atoms with Crippen LogP contribution in [-0.2, 0) is 22.4 Å². The number of halogens is 1. The molecule has 2 aromatic rings. The van der Waals surface area contributed by atoms with Crippen LogP contribution in [0.1, 0.15) is 33.6 Å². The number of nitrogens with one attached hydrogen (secondary N) is 1. The van der Waals surface area contributed by atoms with Crippen LogP contribution in [0.25, 0.3) is 0 Å². The van der Waals surface area contributed by atoms with Crippen molar-refractivity contribution in [2.45, 2.75) is 25.7 Å². The number of amides is 1. The van der Waals surface area contributed by atoms with Gasteiger partial charge in [-0.3, -0.25) is 14.9 Å². The second kappa shape index (κ2) is 7.61. The number of benzene rings is 1. The molecule has 3 rings (SSSR count). The number of thiophene rings is 1. The first-order valence-corrected chi connectivity index (χ1v) is 8.84. The van der Waals surface area contributed by atoms with Crippen molar-refractivity contribution in [1.82, 2.24) is 0 Å². The lowest BCUT2D eigenvalue weighted by Gasteiger charge is -2.12. The first kappa shape index (κ1) is 18.0. The summed E-state index contributed by atoms with van der Waals surface area (Å²) in [6.07, 6.45) is 3.87. The van der Waals surface area contributed by atoms with Crippen LogP contribution in [0.5, 0.6) is 0 Å². The minimum absolute atomic E-state index is 0.162. The Balaban J connectivity index is 1.62.